The van der Waals surface area contributed by atoms with Gasteiger partial charge in [0.15, 0.2) is 5.82 Å². The van der Waals surface area contributed by atoms with Gasteiger partial charge in [0.2, 0.25) is 0 Å². The Morgan fingerprint density at radius 2 is 2.12 bits per heavy atom. The molecule has 0 atom stereocenters. The number of aromatic nitrogens is 5. The lowest BCUT2D eigenvalue weighted by molar-refractivity contribution is 0.601. The number of hydrogen-bond donors (Lipinski definition) is 0. The Balaban J connectivity index is 1.64. The summed E-state index contributed by atoms with van der Waals surface area (Å²) in [7, 11) is 2.07. The van der Waals surface area contributed by atoms with Gasteiger partial charge in [-0.3, -0.25) is 0 Å². The van der Waals surface area contributed by atoms with Gasteiger partial charge in [-0.15, -0.1) is 21.5 Å². The third-order valence-electron chi connectivity index (χ3n) is 4.63. The second kappa shape index (κ2) is 6.47. The molecule has 0 aliphatic carbocycles. The Morgan fingerprint density at radius 1 is 1.21 bits per heavy atom. The number of hydrogen-bond acceptors (Lipinski definition) is 6. The van der Waals surface area contributed by atoms with Gasteiger partial charge in [0.05, 0.1) is 11.9 Å². The highest BCUT2D eigenvalue weighted by molar-refractivity contribution is 7.18. The molecule has 0 fully saturated rings. The van der Waals surface area contributed by atoms with Gasteiger partial charge in [0, 0.05) is 24.9 Å². The van der Waals surface area contributed by atoms with E-state index in [2.05, 4.69) is 49.7 Å². The summed E-state index contributed by atoms with van der Waals surface area (Å²) in [6.45, 7) is 3.92. The summed E-state index contributed by atoms with van der Waals surface area (Å²) in [4.78, 5) is 13.5. The largest absolute Gasteiger partial charge is 0.351 e. The molecule has 0 N–H and O–H groups in total. The van der Waals surface area contributed by atoms with Crippen LogP contribution in [-0.2, 0) is 25.9 Å². The minimum atomic E-state index is 0.719. The van der Waals surface area contributed by atoms with Gasteiger partial charge in [-0.25, -0.2) is 9.97 Å². The zero-order valence-corrected chi connectivity index (χ0v) is 15.0. The van der Waals surface area contributed by atoms with Crippen molar-refractivity contribution in [3.8, 4) is 0 Å². The van der Waals surface area contributed by atoms with E-state index < -0.39 is 0 Å². The van der Waals surface area contributed by atoms with Crippen molar-refractivity contribution >= 4 is 27.4 Å². The Bertz CT molecular complexity index is 852. The van der Waals surface area contributed by atoms with Crippen molar-refractivity contribution in [2.75, 3.05) is 11.9 Å². The molecular weight excluding hydrogens is 320 g/mol. The van der Waals surface area contributed by atoms with Gasteiger partial charge < -0.3 is 9.47 Å². The summed E-state index contributed by atoms with van der Waals surface area (Å²) < 4.78 is 2.30. The van der Waals surface area contributed by atoms with E-state index >= 15 is 0 Å². The molecule has 0 spiro atoms. The first-order chi connectivity index (χ1) is 11.8. The summed E-state index contributed by atoms with van der Waals surface area (Å²) in [6, 6.07) is 2.22. The number of fused-ring (bicyclic) bond motifs is 2. The van der Waals surface area contributed by atoms with E-state index in [1.807, 2.05) is 0 Å². The number of thiophene rings is 1. The molecule has 0 radical (unpaired) electrons. The van der Waals surface area contributed by atoms with Crippen LogP contribution in [0.1, 0.15) is 42.7 Å². The van der Waals surface area contributed by atoms with E-state index in [4.69, 9.17) is 0 Å². The van der Waals surface area contributed by atoms with E-state index in [9.17, 15) is 0 Å². The average Bonchev–Trinajstić information content (AvgIpc) is 3.11. The SMILES string of the molecule is CCc1cc2c(N(C)Cc3nnc4n3CCCCC4)ncnc2s1. The standard InChI is InChI=1S/C17H22N6S/c1-3-12-9-13-16(18-11-19-17(13)24-12)22(2)10-15-21-20-14-7-5-4-6-8-23(14)15/h9,11H,3-8,10H2,1-2H3. The minimum absolute atomic E-state index is 0.719. The predicted molar refractivity (Wildman–Crippen MR) is 96.5 cm³/mol. The zero-order chi connectivity index (χ0) is 16.5. The van der Waals surface area contributed by atoms with E-state index in [-0.39, 0.29) is 0 Å². The van der Waals surface area contributed by atoms with Crippen LogP contribution in [0.25, 0.3) is 10.2 Å². The maximum atomic E-state index is 4.53. The first-order valence-electron chi connectivity index (χ1n) is 8.61. The molecule has 0 saturated carbocycles. The van der Waals surface area contributed by atoms with E-state index in [1.54, 1.807) is 17.7 Å². The maximum Gasteiger partial charge on any atom is 0.152 e. The first-order valence-corrected chi connectivity index (χ1v) is 9.43. The lowest BCUT2D eigenvalue weighted by Crippen LogP contribution is -2.21. The number of aryl methyl sites for hydroxylation is 2. The van der Waals surface area contributed by atoms with Crippen LogP contribution in [0.2, 0.25) is 0 Å². The van der Waals surface area contributed by atoms with Crippen molar-refractivity contribution in [1.29, 1.82) is 0 Å². The molecule has 126 valence electrons. The second-order valence-electron chi connectivity index (χ2n) is 6.33. The lowest BCUT2D eigenvalue weighted by Gasteiger charge is -2.18. The molecule has 1 aliphatic rings. The molecule has 1 aliphatic heterocycles. The summed E-state index contributed by atoms with van der Waals surface area (Å²) in [5, 5.41) is 9.97. The van der Waals surface area contributed by atoms with Crippen LogP contribution in [-0.4, -0.2) is 31.8 Å². The molecule has 0 aromatic carbocycles. The molecule has 4 heterocycles. The molecule has 0 saturated heterocycles. The maximum absolute atomic E-state index is 4.53. The molecule has 4 rings (SSSR count). The van der Waals surface area contributed by atoms with Crippen molar-refractivity contribution < 1.29 is 0 Å². The monoisotopic (exact) mass is 342 g/mol. The number of anilines is 1. The van der Waals surface area contributed by atoms with Crippen molar-refractivity contribution in [3.05, 3.63) is 28.9 Å². The van der Waals surface area contributed by atoms with Crippen LogP contribution in [0.4, 0.5) is 5.82 Å². The number of rotatable bonds is 4. The Morgan fingerprint density at radius 3 is 3.00 bits per heavy atom. The highest BCUT2D eigenvalue weighted by atomic mass is 32.1. The summed E-state index contributed by atoms with van der Waals surface area (Å²) in [5.41, 5.74) is 0. The predicted octanol–water partition coefficient (Wildman–Crippen LogP) is 3.21. The highest BCUT2D eigenvalue weighted by Gasteiger charge is 2.18. The van der Waals surface area contributed by atoms with Crippen molar-refractivity contribution in [2.24, 2.45) is 0 Å². The van der Waals surface area contributed by atoms with Gasteiger partial charge in [-0.1, -0.05) is 13.3 Å². The van der Waals surface area contributed by atoms with Crippen LogP contribution in [0, 0.1) is 0 Å². The quantitative estimate of drug-likeness (QED) is 0.729. The first kappa shape index (κ1) is 15.5. The van der Waals surface area contributed by atoms with Crippen LogP contribution >= 0.6 is 11.3 Å². The minimum Gasteiger partial charge on any atom is -0.351 e. The molecule has 0 amide bonds. The summed E-state index contributed by atoms with van der Waals surface area (Å²) in [6.07, 6.45) is 7.44. The zero-order valence-electron chi connectivity index (χ0n) is 14.2. The smallest absolute Gasteiger partial charge is 0.152 e. The van der Waals surface area contributed by atoms with Crippen LogP contribution in [0.3, 0.4) is 0 Å². The fourth-order valence-corrected chi connectivity index (χ4v) is 4.25. The molecule has 24 heavy (non-hydrogen) atoms. The van der Waals surface area contributed by atoms with Gasteiger partial charge >= 0.3 is 0 Å². The van der Waals surface area contributed by atoms with Gasteiger partial charge in [0.1, 0.15) is 22.8 Å². The van der Waals surface area contributed by atoms with Crippen LogP contribution in [0.5, 0.6) is 0 Å². The Hall–Kier alpha value is -2.02. The fourth-order valence-electron chi connectivity index (χ4n) is 3.32. The normalized spacial score (nSPS) is 14.6. The lowest BCUT2D eigenvalue weighted by atomic mass is 10.2. The van der Waals surface area contributed by atoms with E-state index in [1.165, 1.54) is 24.1 Å². The van der Waals surface area contributed by atoms with Gasteiger partial charge in [-0.05, 0) is 25.3 Å². The molecule has 0 unspecified atom stereocenters. The molecule has 6 nitrogen and oxygen atoms in total. The van der Waals surface area contributed by atoms with Crippen LogP contribution in [0.15, 0.2) is 12.4 Å². The molecule has 7 heteroatoms. The molecule has 3 aromatic rings. The van der Waals surface area contributed by atoms with Crippen LogP contribution < -0.4 is 4.90 Å². The van der Waals surface area contributed by atoms with Crippen molar-refractivity contribution in [1.82, 2.24) is 24.7 Å². The molecule has 3 aromatic heterocycles. The topological polar surface area (TPSA) is 59.7 Å². The number of nitrogens with zero attached hydrogens (tertiary/aromatic N) is 6. The average molecular weight is 342 g/mol. The molecular formula is C17H22N6S. The molecule has 0 bridgehead atoms. The van der Waals surface area contributed by atoms with Gasteiger partial charge in [-0.2, -0.15) is 0 Å². The van der Waals surface area contributed by atoms with E-state index in [0.717, 1.165) is 53.6 Å². The summed E-state index contributed by atoms with van der Waals surface area (Å²) in [5.74, 6) is 3.14. The second-order valence-corrected chi connectivity index (χ2v) is 7.45. The van der Waals surface area contributed by atoms with E-state index in [0.29, 0.717) is 0 Å². The van der Waals surface area contributed by atoms with Crippen molar-refractivity contribution in [2.45, 2.75) is 52.1 Å². The Kier molecular flexibility index (Phi) is 4.18. The third kappa shape index (κ3) is 2.77. The van der Waals surface area contributed by atoms with Gasteiger partial charge in [0.25, 0.3) is 0 Å². The van der Waals surface area contributed by atoms with Crippen molar-refractivity contribution in [3.63, 3.8) is 0 Å². The Labute approximate surface area is 145 Å². The fraction of sp³-hybridized carbons (Fsp3) is 0.529. The highest BCUT2D eigenvalue weighted by Crippen LogP contribution is 2.30. The summed E-state index contributed by atoms with van der Waals surface area (Å²) >= 11 is 1.75. The third-order valence-corrected chi connectivity index (χ3v) is 5.82.